The third kappa shape index (κ3) is 10.7. The first kappa shape index (κ1) is 37.7. The fraction of sp³-hybridized carbons (Fsp3) is 0.500. The van der Waals surface area contributed by atoms with Gasteiger partial charge in [-0.15, -0.1) is 0 Å². The van der Waals surface area contributed by atoms with Gasteiger partial charge in [-0.25, -0.2) is 0 Å². The highest BCUT2D eigenvalue weighted by atomic mass is 14.1. The summed E-state index contributed by atoms with van der Waals surface area (Å²) in [5.74, 6) is 0. The van der Waals surface area contributed by atoms with Crippen molar-refractivity contribution in [3.05, 3.63) is 101 Å². The second-order valence-corrected chi connectivity index (χ2v) is 14.4. The van der Waals surface area contributed by atoms with E-state index in [2.05, 4.69) is 114 Å². The Morgan fingerprint density at radius 2 is 0.396 bits per heavy atom. The lowest BCUT2D eigenvalue weighted by Gasteiger charge is -2.11. The Bertz CT molecular complexity index is 1480. The third-order valence-electron chi connectivity index (χ3n) is 10.3. The number of benzene rings is 3. The second kappa shape index (κ2) is 20.4. The summed E-state index contributed by atoms with van der Waals surface area (Å²) in [5, 5.41) is 8.11. The lowest BCUT2D eigenvalue weighted by atomic mass is 9.94. The minimum Gasteiger partial charge on any atom is -0.0654 e. The van der Waals surface area contributed by atoms with Crippen LogP contribution in [0.1, 0.15) is 152 Å². The van der Waals surface area contributed by atoms with Crippen molar-refractivity contribution in [2.24, 2.45) is 0 Å². The average Bonchev–Trinajstić information content (AvgIpc) is 3.10. The van der Waals surface area contributed by atoms with E-state index in [9.17, 15) is 0 Å². The molecule has 0 N–H and O–H groups in total. The van der Waals surface area contributed by atoms with Crippen LogP contribution >= 0.6 is 0 Å². The molecule has 0 spiro atoms. The molecule has 0 aromatic heterocycles. The van der Waals surface area contributed by atoms with Gasteiger partial charge >= 0.3 is 0 Å². The molecule has 0 heterocycles. The predicted molar refractivity (Wildman–Crippen MR) is 216 cm³/mol. The molecule has 0 bridgehead atoms. The zero-order chi connectivity index (χ0) is 34.1. The standard InChI is InChI=1S/C48H66/c1-7-13-19-37-31-43-25-26-45-33-39(21-15-9-3)41(23-17-11-5)35-47(45)29-30-48-36-42(24-18-12-6)40(22-16-10-4)34-46(48)28-27-44(43)32-38(37)20-14-8-2/h25-36H,7-24H2,1-6H3/b26-25?,28-27?,30-29?,43-25-,44-27-,45-26-,46-28-,47-29-,48-30-. The van der Waals surface area contributed by atoms with Crippen LogP contribution in [0, 0.1) is 0 Å². The second-order valence-electron chi connectivity index (χ2n) is 14.4. The fourth-order valence-corrected chi connectivity index (χ4v) is 7.19. The van der Waals surface area contributed by atoms with Crippen molar-refractivity contribution in [1.82, 2.24) is 0 Å². The molecular weight excluding hydrogens is 577 g/mol. The number of hydrogen-bond donors (Lipinski definition) is 0. The van der Waals surface area contributed by atoms with E-state index in [1.54, 1.807) is 33.4 Å². The monoisotopic (exact) mass is 643 g/mol. The summed E-state index contributed by atoms with van der Waals surface area (Å²) in [6, 6.07) is 15.2. The van der Waals surface area contributed by atoms with E-state index < -0.39 is 0 Å². The van der Waals surface area contributed by atoms with Gasteiger partial charge in [0.05, 0.1) is 0 Å². The molecule has 0 aliphatic heterocycles. The summed E-state index contributed by atoms with van der Waals surface area (Å²) < 4.78 is 0. The van der Waals surface area contributed by atoms with Gasteiger partial charge in [-0.05, 0) is 142 Å². The molecule has 0 unspecified atom stereocenters. The van der Waals surface area contributed by atoms with Crippen molar-refractivity contribution in [3.63, 3.8) is 0 Å². The minimum absolute atomic E-state index is 1.17. The quantitative estimate of drug-likeness (QED) is 0.130. The van der Waals surface area contributed by atoms with Crippen LogP contribution in [0.2, 0.25) is 0 Å². The van der Waals surface area contributed by atoms with E-state index >= 15 is 0 Å². The first-order chi connectivity index (χ1) is 23.5. The van der Waals surface area contributed by atoms with Crippen LogP contribution in [-0.2, 0) is 38.5 Å². The maximum atomic E-state index is 2.53. The highest BCUT2D eigenvalue weighted by Gasteiger charge is 2.07. The van der Waals surface area contributed by atoms with Crippen molar-refractivity contribution >= 4 is 36.5 Å². The van der Waals surface area contributed by atoms with Crippen LogP contribution in [0.15, 0.2) is 36.4 Å². The summed E-state index contributed by atoms with van der Waals surface area (Å²) in [6.45, 7) is 13.9. The molecule has 0 nitrogen and oxygen atoms in total. The molecule has 0 saturated carbocycles. The zero-order valence-corrected chi connectivity index (χ0v) is 31.7. The predicted octanol–water partition coefficient (Wildman–Crippen LogP) is 8.84. The Kier molecular flexibility index (Phi) is 16.0. The number of fused-ring (bicyclic) bond motifs is 3. The topological polar surface area (TPSA) is 0 Å². The zero-order valence-electron chi connectivity index (χ0n) is 31.7. The molecule has 3 aromatic carbocycles. The van der Waals surface area contributed by atoms with E-state index in [-0.39, 0.29) is 0 Å². The lowest BCUT2D eigenvalue weighted by Crippen LogP contribution is -2.31. The van der Waals surface area contributed by atoms with E-state index in [1.807, 2.05) is 0 Å². The Morgan fingerprint density at radius 1 is 0.250 bits per heavy atom. The number of hydrogen-bond acceptors (Lipinski definition) is 0. The summed E-state index contributed by atoms with van der Waals surface area (Å²) in [5.41, 5.74) is 9.31. The van der Waals surface area contributed by atoms with Crippen molar-refractivity contribution in [2.45, 2.75) is 157 Å². The molecule has 48 heavy (non-hydrogen) atoms. The van der Waals surface area contributed by atoms with Crippen molar-refractivity contribution in [3.8, 4) is 0 Å². The number of rotatable bonds is 18. The van der Waals surface area contributed by atoms with Gasteiger partial charge in [0, 0.05) is 0 Å². The normalized spacial score (nSPS) is 16.6. The van der Waals surface area contributed by atoms with Crippen molar-refractivity contribution in [2.75, 3.05) is 0 Å². The third-order valence-corrected chi connectivity index (χ3v) is 10.3. The molecule has 0 fully saturated rings. The van der Waals surface area contributed by atoms with Crippen LogP contribution in [0.5, 0.6) is 0 Å². The average molecular weight is 643 g/mol. The maximum absolute atomic E-state index is 2.53. The summed E-state index contributed by atoms with van der Waals surface area (Å²) in [6.07, 6.45) is 36.5. The van der Waals surface area contributed by atoms with Gasteiger partial charge < -0.3 is 0 Å². The van der Waals surface area contributed by atoms with Gasteiger partial charge in [-0.1, -0.05) is 153 Å². The van der Waals surface area contributed by atoms with Gasteiger partial charge in [-0.2, -0.15) is 0 Å². The van der Waals surface area contributed by atoms with E-state index in [4.69, 9.17) is 0 Å². The SMILES string of the molecule is CCCCc1cc2/c(cc1CCCC)=C\C=c1\cc(CCCC)c(CCCC)c\c1=C\C=c1\cc(CCCC)c(CCCC)c\c1=C\C=2. The molecule has 258 valence electrons. The summed E-state index contributed by atoms with van der Waals surface area (Å²) in [7, 11) is 0. The molecule has 0 atom stereocenters. The number of aryl methyl sites for hydroxylation is 6. The molecular formula is C48H66. The lowest BCUT2D eigenvalue weighted by molar-refractivity contribution is 0.756. The first-order valence-corrected chi connectivity index (χ1v) is 20.1. The molecule has 1 aliphatic rings. The Labute approximate surface area is 293 Å². The van der Waals surface area contributed by atoms with E-state index in [1.165, 1.54) is 147 Å². The highest BCUT2D eigenvalue weighted by molar-refractivity contribution is 5.70. The van der Waals surface area contributed by atoms with Gasteiger partial charge in [0.1, 0.15) is 0 Å². The van der Waals surface area contributed by atoms with Gasteiger partial charge in [0.2, 0.25) is 0 Å². The largest absolute Gasteiger partial charge is 0.0654 e. The maximum Gasteiger partial charge on any atom is -0.0181 e. The van der Waals surface area contributed by atoms with E-state index in [0.717, 1.165) is 0 Å². The summed E-state index contributed by atoms with van der Waals surface area (Å²) >= 11 is 0. The highest BCUT2D eigenvalue weighted by Crippen LogP contribution is 2.15. The smallest absolute Gasteiger partial charge is 0.0181 e. The molecule has 4 rings (SSSR count). The fourth-order valence-electron chi connectivity index (χ4n) is 7.19. The van der Waals surface area contributed by atoms with Crippen LogP contribution in [0.25, 0.3) is 36.5 Å². The molecule has 3 aromatic rings. The summed E-state index contributed by atoms with van der Waals surface area (Å²) in [4.78, 5) is 0. The minimum atomic E-state index is 1.17. The van der Waals surface area contributed by atoms with E-state index in [0.29, 0.717) is 0 Å². The molecule has 0 radical (unpaired) electrons. The van der Waals surface area contributed by atoms with Crippen LogP contribution in [0.4, 0.5) is 0 Å². The Balaban J connectivity index is 2.13. The van der Waals surface area contributed by atoms with Gasteiger partial charge in [0.25, 0.3) is 0 Å². The first-order valence-electron chi connectivity index (χ1n) is 20.1. The van der Waals surface area contributed by atoms with Crippen molar-refractivity contribution < 1.29 is 0 Å². The van der Waals surface area contributed by atoms with Gasteiger partial charge in [0.15, 0.2) is 0 Å². The Hall–Kier alpha value is -3.12. The van der Waals surface area contributed by atoms with Crippen LogP contribution in [0.3, 0.4) is 0 Å². The van der Waals surface area contributed by atoms with Crippen LogP contribution in [-0.4, -0.2) is 0 Å². The van der Waals surface area contributed by atoms with Crippen molar-refractivity contribution in [1.29, 1.82) is 0 Å². The molecule has 0 saturated heterocycles. The Morgan fingerprint density at radius 3 is 0.521 bits per heavy atom. The van der Waals surface area contributed by atoms with Gasteiger partial charge in [-0.3, -0.25) is 0 Å². The number of unbranched alkanes of at least 4 members (excludes halogenated alkanes) is 6. The molecule has 0 heteroatoms. The molecule has 0 amide bonds. The molecule has 1 aliphatic carbocycles. The van der Waals surface area contributed by atoms with Crippen LogP contribution < -0.4 is 31.3 Å².